The van der Waals surface area contributed by atoms with Crippen LogP contribution in [0, 0.1) is 0 Å². The summed E-state index contributed by atoms with van der Waals surface area (Å²) in [6.45, 7) is 8.16. The Balaban J connectivity index is 2.40. The molecule has 0 aromatic carbocycles. The molecule has 0 aromatic heterocycles. The van der Waals surface area contributed by atoms with Gasteiger partial charge in [0.1, 0.15) is 0 Å². The molecule has 0 spiro atoms. The summed E-state index contributed by atoms with van der Waals surface area (Å²) in [4.78, 5) is 2.50. The number of likely N-dealkylation sites (N-methyl/N-ethyl adjacent to an activating group) is 1. The Bertz CT molecular complexity index is 127. The molecule has 0 saturated heterocycles. The Morgan fingerprint density at radius 3 is 2.90 bits per heavy atom. The molecule has 0 saturated carbocycles. The number of hydrogen-bond acceptors (Lipinski definition) is 1. The van der Waals surface area contributed by atoms with Crippen molar-refractivity contribution in [3.05, 3.63) is 11.6 Å². The number of rotatable bonds is 2. The van der Waals surface area contributed by atoms with Crippen molar-refractivity contribution in [1.82, 2.24) is 4.90 Å². The van der Waals surface area contributed by atoms with Crippen molar-refractivity contribution in [2.45, 2.75) is 26.7 Å². The highest BCUT2D eigenvalue weighted by molar-refractivity contribution is 5.06. The van der Waals surface area contributed by atoms with Crippen LogP contribution < -0.4 is 0 Å². The summed E-state index contributed by atoms with van der Waals surface area (Å²) in [6, 6.07) is 0. The van der Waals surface area contributed by atoms with Gasteiger partial charge in [-0.15, -0.1) is 0 Å². The van der Waals surface area contributed by atoms with Crippen LogP contribution in [-0.4, -0.2) is 24.5 Å². The van der Waals surface area contributed by atoms with Crippen LogP contribution in [0.25, 0.3) is 0 Å². The van der Waals surface area contributed by atoms with E-state index in [1.54, 1.807) is 5.57 Å². The SMILES string of the molecule is CCC1=CCCN(CC)C1. The van der Waals surface area contributed by atoms with Crippen molar-refractivity contribution in [2.75, 3.05) is 19.6 Å². The lowest BCUT2D eigenvalue weighted by Crippen LogP contribution is -2.29. The van der Waals surface area contributed by atoms with E-state index in [0.29, 0.717) is 0 Å². The lowest BCUT2D eigenvalue weighted by atomic mass is 10.1. The first-order valence-electron chi connectivity index (χ1n) is 4.27. The standard InChI is InChI=1S/C9H17N/c1-3-9-6-5-7-10(4-2)8-9/h6H,3-5,7-8H2,1-2H3. The van der Waals surface area contributed by atoms with Gasteiger partial charge in [-0.1, -0.05) is 25.5 Å². The van der Waals surface area contributed by atoms with Gasteiger partial charge in [-0.3, -0.25) is 4.90 Å². The molecule has 0 atom stereocenters. The van der Waals surface area contributed by atoms with E-state index >= 15 is 0 Å². The van der Waals surface area contributed by atoms with E-state index in [-0.39, 0.29) is 0 Å². The highest BCUT2D eigenvalue weighted by Crippen LogP contribution is 2.11. The van der Waals surface area contributed by atoms with Gasteiger partial charge in [-0.25, -0.2) is 0 Å². The molecule has 10 heavy (non-hydrogen) atoms. The topological polar surface area (TPSA) is 3.24 Å². The third-order valence-corrected chi connectivity index (χ3v) is 2.21. The van der Waals surface area contributed by atoms with Gasteiger partial charge in [0.25, 0.3) is 0 Å². The van der Waals surface area contributed by atoms with E-state index < -0.39 is 0 Å². The van der Waals surface area contributed by atoms with E-state index in [4.69, 9.17) is 0 Å². The van der Waals surface area contributed by atoms with Gasteiger partial charge in [-0.2, -0.15) is 0 Å². The first kappa shape index (κ1) is 7.80. The second kappa shape index (κ2) is 3.77. The molecule has 0 amide bonds. The Morgan fingerprint density at radius 2 is 2.30 bits per heavy atom. The van der Waals surface area contributed by atoms with Crippen molar-refractivity contribution >= 4 is 0 Å². The predicted octanol–water partition coefficient (Wildman–Crippen LogP) is 2.05. The zero-order valence-electron chi connectivity index (χ0n) is 7.06. The van der Waals surface area contributed by atoms with Crippen LogP contribution in [0.5, 0.6) is 0 Å². The van der Waals surface area contributed by atoms with Crippen molar-refractivity contribution in [3.63, 3.8) is 0 Å². The van der Waals surface area contributed by atoms with Crippen molar-refractivity contribution in [3.8, 4) is 0 Å². The monoisotopic (exact) mass is 139 g/mol. The highest BCUT2D eigenvalue weighted by Gasteiger charge is 2.07. The Morgan fingerprint density at radius 1 is 1.50 bits per heavy atom. The summed E-state index contributed by atoms with van der Waals surface area (Å²) in [5, 5.41) is 0. The number of nitrogens with zero attached hydrogens (tertiary/aromatic N) is 1. The zero-order chi connectivity index (χ0) is 7.40. The molecule has 1 heteroatoms. The van der Waals surface area contributed by atoms with Gasteiger partial charge >= 0.3 is 0 Å². The third kappa shape index (κ3) is 1.84. The molecule has 0 fully saturated rings. The van der Waals surface area contributed by atoms with Crippen molar-refractivity contribution in [2.24, 2.45) is 0 Å². The van der Waals surface area contributed by atoms with Gasteiger partial charge in [0.15, 0.2) is 0 Å². The average Bonchev–Trinajstić information content (AvgIpc) is 2.05. The molecule has 1 heterocycles. The summed E-state index contributed by atoms with van der Waals surface area (Å²) >= 11 is 0. The quantitative estimate of drug-likeness (QED) is 0.529. The van der Waals surface area contributed by atoms with Crippen LogP contribution in [0.3, 0.4) is 0 Å². The summed E-state index contributed by atoms with van der Waals surface area (Å²) in [5.74, 6) is 0. The fraction of sp³-hybridized carbons (Fsp3) is 0.778. The van der Waals surface area contributed by atoms with E-state index in [9.17, 15) is 0 Å². The predicted molar refractivity (Wildman–Crippen MR) is 45.1 cm³/mol. The van der Waals surface area contributed by atoms with Crippen LogP contribution in [0.4, 0.5) is 0 Å². The van der Waals surface area contributed by atoms with Gasteiger partial charge in [0.2, 0.25) is 0 Å². The molecule has 0 N–H and O–H groups in total. The minimum atomic E-state index is 1.21. The molecule has 1 nitrogen and oxygen atoms in total. The fourth-order valence-electron chi connectivity index (χ4n) is 1.41. The second-order valence-corrected chi connectivity index (χ2v) is 2.87. The largest absolute Gasteiger partial charge is 0.299 e. The Hall–Kier alpha value is -0.300. The molecule has 0 radical (unpaired) electrons. The third-order valence-electron chi connectivity index (χ3n) is 2.21. The molecule has 1 aliphatic heterocycles. The molecular weight excluding hydrogens is 122 g/mol. The average molecular weight is 139 g/mol. The van der Waals surface area contributed by atoms with Gasteiger partial charge in [0.05, 0.1) is 0 Å². The maximum Gasteiger partial charge on any atom is 0.0192 e. The van der Waals surface area contributed by atoms with Gasteiger partial charge < -0.3 is 0 Å². The molecule has 0 bridgehead atoms. The molecular formula is C9H17N. The summed E-state index contributed by atoms with van der Waals surface area (Å²) in [6.07, 6.45) is 4.89. The van der Waals surface area contributed by atoms with Gasteiger partial charge in [-0.05, 0) is 19.4 Å². The zero-order valence-corrected chi connectivity index (χ0v) is 7.06. The van der Waals surface area contributed by atoms with Crippen LogP contribution in [0.1, 0.15) is 26.7 Å². The molecule has 1 aliphatic rings. The van der Waals surface area contributed by atoms with Crippen molar-refractivity contribution in [1.29, 1.82) is 0 Å². The maximum absolute atomic E-state index is 2.50. The highest BCUT2D eigenvalue weighted by atomic mass is 15.1. The summed E-state index contributed by atoms with van der Waals surface area (Å²) in [7, 11) is 0. The molecule has 0 aliphatic carbocycles. The van der Waals surface area contributed by atoms with Crippen LogP contribution >= 0.6 is 0 Å². The first-order valence-corrected chi connectivity index (χ1v) is 4.27. The maximum atomic E-state index is 2.50. The molecule has 58 valence electrons. The van der Waals surface area contributed by atoms with E-state index in [2.05, 4.69) is 24.8 Å². The second-order valence-electron chi connectivity index (χ2n) is 2.87. The lowest BCUT2D eigenvalue weighted by molar-refractivity contribution is 0.303. The lowest BCUT2D eigenvalue weighted by Gasteiger charge is -2.25. The number of hydrogen-bond donors (Lipinski definition) is 0. The van der Waals surface area contributed by atoms with E-state index in [1.165, 1.54) is 32.5 Å². The van der Waals surface area contributed by atoms with Crippen LogP contribution in [-0.2, 0) is 0 Å². The normalized spacial score (nSPS) is 20.8. The van der Waals surface area contributed by atoms with Crippen LogP contribution in [0.15, 0.2) is 11.6 Å². The Kier molecular flexibility index (Phi) is 2.94. The van der Waals surface area contributed by atoms with Crippen LogP contribution in [0.2, 0.25) is 0 Å². The molecule has 1 rings (SSSR count). The van der Waals surface area contributed by atoms with E-state index in [0.717, 1.165) is 0 Å². The first-order chi connectivity index (χ1) is 4.86. The minimum absolute atomic E-state index is 1.21. The summed E-state index contributed by atoms with van der Waals surface area (Å²) in [5.41, 5.74) is 1.62. The fourth-order valence-corrected chi connectivity index (χ4v) is 1.41. The summed E-state index contributed by atoms with van der Waals surface area (Å²) < 4.78 is 0. The molecule has 0 unspecified atom stereocenters. The molecule has 0 aromatic rings. The van der Waals surface area contributed by atoms with E-state index in [1.807, 2.05) is 0 Å². The Labute approximate surface area is 63.7 Å². The van der Waals surface area contributed by atoms with Gasteiger partial charge in [0, 0.05) is 13.1 Å². The van der Waals surface area contributed by atoms with Crippen molar-refractivity contribution < 1.29 is 0 Å². The smallest absolute Gasteiger partial charge is 0.0192 e. The minimum Gasteiger partial charge on any atom is -0.299 e.